The highest BCUT2D eigenvalue weighted by molar-refractivity contribution is 6.19. The summed E-state index contributed by atoms with van der Waals surface area (Å²) in [6.45, 7) is 10.8. The zero-order valence-corrected chi connectivity index (χ0v) is 18.2. The third kappa shape index (κ3) is 2.95. The molecule has 0 N–H and O–H groups in total. The molecule has 5 aromatic rings. The number of hydrogen-bond donors (Lipinski definition) is 0. The Labute approximate surface area is 177 Å². The molecule has 1 aromatic heterocycles. The standard InChI is InChI=1S/C28H26N2/c1-16(2)25-15-20-8-6-7-9-22(20)23-10-11-24-27(21-13-17(3)12-18(4)14-21)29-19(5)30-28(24)26(23)25/h6-16H,1-5H3. The van der Waals surface area contributed by atoms with Crippen LogP contribution in [0.25, 0.3) is 43.7 Å². The zero-order chi connectivity index (χ0) is 21.0. The van der Waals surface area contributed by atoms with Gasteiger partial charge in [-0.3, -0.25) is 0 Å². The maximum Gasteiger partial charge on any atom is 0.126 e. The summed E-state index contributed by atoms with van der Waals surface area (Å²) in [6.07, 6.45) is 0. The number of fused-ring (bicyclic) bond motifs is 5. The molecular formula is C28H26N2. The molecule has 0 radical (unpaired) electrons. The summed E-state index contributed by atoms with van der Waals surface area (Å²) in [6, 6.07) is 22.1. The van der Waals surface area contributed by atoms with Crippen molar-refractivity contribution in [1.82, 2.24) is 9.97 Å². The van der Waals surface area contributed by atoms with Crippen molar-refractivity contribution < 1.29 is 0 Å². The fraction of sp³-hybridized carbons (Fsp3) is 0.214. The van der Waals surface area contributed by atoms with Gasteiger partial charge in [0.05, 0.1) is 11.2 Å². The van der Waals surface area contributed by atoms with E-state index in [0.717, 1.165) is 28.0 Å². The van der Waals surface area contributed by atoms with Crippen LogP contribution in [0.1, 0.15) is 42.3 Å². The largest absolute Gasteiger partial charge is 0.233 e. The molecule has 4 aromatic carbocycles. The summed E-state index contributed by atoms with van der Waals surface area (Å²) in [5.74, 6) is 1.22. The maximum atomic E-state index is 4.97. The molecule has 0 saturated heterocycles. The van der Waals surface area contributed by atoms with Gasteiger partial charge in [0, 0.05) is 16.3 Å². The van der Waals surface area contributed by atoms with E-state index in [1.807, 2.05) is 6.92 Å². The Hall–Kier alpha value is -3.26. The Morgan fingerprint density at radius 2 is 1.40 bits per heavy atom. The van der Waals surface area contributed by atoms with Crippen molar-refractivity contribution in [2.24, 2.45) is 0 Å². The van der Waals surface area contributed by atoms with Crippen LogP contribution >= 0.6 is 0 Å². The summed E-state index contributed by atoms with van der Waals surface area (Å²) in [5, 5.41) is 6.22. The average Bonchev–Trinajstić information content (AvgIpc) is 2.71. The Bertz CT molecular complexity index is 1420. The minimum Gasteiger partial charge on any atom is -0.233 e. The van der Waals surface area contributed by atoms with Crippen molar-refractivity contribution in [3.05, 3.63) is 83.2 Å². The van der Waals surface area contributed by atoms with Crippen LogP contribution in [0.15, 0.2) is 60.7 Å². The summed E-state index contributed by atoms with van der Waals surface area (Å²) in [7, 11) is 0. The summed E-state index contributed by atoms with van der Waals surface area (Å²) >= 11 is 0. The van der Waals surface area contributed by atoms with Crippen molar-refractivity contribution in [1.29, 1.82) is 0 Å². The quantitative estimate of drug-likeness (QED) is 0.289. The topological polar surface area (TPSA) is 25.8 Å². The van der Waals surface area contributed by atoms with Gasteiger partial charge >= 0.3 is 0 Å². The van der Waals surface area contributed by atoms with Crippen LogP contribution in [0.2, 0.25) is 0 Å². The molecule has 0 aliphatic carbocycles. The van der Waals surface area contributed by atoms with Crippen molar-refractivity contribution in [3.8, 4) is 11.3 Å². The third-order valence-electron chi connectivity index (χ3n) is 5.95. The molecule has 2 heteroatoms. The van der Waals surface area contributed by atoms with Crippen molar-refractivity contribution in [3.63, 3.8) is 0 Å². The van der Waals surface area contributed by atoms with E-state index in [1.165, 1.54) is 38.2 Å². The molecule has 0 saturated carbocycles. The van der Waals surface area contributed by atoms with Gasteiger partial charge in [0.2, 0.25) is 0 Å². The van der Waals surface area contributed by atoms with E-state index >= 15 is 0 Å². The minimum absolute atomic E-state index is 0.405. The molecule has 30 heavy (non-hydrogen) atoms. The SMILES string of the molecule is Cc1cc(C)cc(-c2nc(C)nc3c2ccc2c4ccccc4cc(C(C)C)c23)c1. The van der Waals surface area contributed by atoms with Gasteiger partial charge in [-0.05, 0) is 66.6 Å². The zero-order valence-electron chi connectivity index (χ0n) is 18.2. The van der Waals surface area contributed by atoms with Gasteiger partial charge < -0.3 is 0 Å². The van der Waals surface area contributed by atoms with Crippen LogP contribution < -0.4 is 0 Å². The van der Waals surface area contributed by atoms with Gasteiger partial charge in [-0.25, -0.2) is 9.97 Å². The molecule has 5 rings (SSSR count). The van der Waals surface area contributed by atoms with Crippen molar-refractivity contribution in [2.75, 3.05) is 0 Å². The molecule has 0 atom stereocenters. The monoisotopic (exact) mass is 390 g/mol. The summed E-state index contributed by atoms with van der Waals surface area (Å²) in [4.78, 5) is 9.86. The first-order valence-corrected chi connectivity index (χ1v) is 10.6. The predicted octanol–water partition coefficient (Wildman–Crippen LogP) is 7.65. The Balaban J connectivity index is 1.98. The summed E-state index contributed by atoms with van der Waals surface area (Å²) < 4.78 is 0. The molecule has 0 aliphatic rings. The highest BCUT2D eigenvalue weighted by Gasteiger charge is 2.17. The Kier molecular flexibility index (Phi) is 4.32. The normalized spacial score (nSPS) is 11.8. The van der Waals surface area contributed by atoms with E-state index in [2.05, 4.69) is 88.4 Å². The molecular weight excluding hydrogens is 364 g/mol. The molecule has 0 unspecified atom stereocenters. The number of nitrogens with zero attached hydrogens (tertiary/aromatic N) is 2. The van der Waals surface area contributed by atoms with Gasteiger partial charge in [-0.1, -0.05) is 67.4 Å². The molecule has 0 spiro atoms. The fourth-order valence-electron chi connectivity index (χ4n) is 4.72. The average molecular weight is 391 g/mol. The van der Waals surface area contributed by atoms with Gasteiger partial charge in [-0.15, -0.1) is 0 Å². The van der Waals surface area contributed by atoms with Gasteiger partial charge in [-0.2, -0.15) is 0 Å². The van der Waals surface area contributed by atoms with Crippen LogP contribution in [0.5, 0.6) is 0 Å². The first-order chi connectivity index (χ1) is 14.4. The van der Waals surface area contributed by atoms with Crippen LogP contribution in [-0.4, -0.2) is 9.97 Å². The van der Waals surface area contributed by atoms with E-state index in [0.29, 0.717) is 5.92 Å². The van der Waals surface area contributed by atoms with Crippen molar-refractivity contribution >= 4 is 32.4 Å². The Morgan fingerprint density at radius 3 is 2.13 bits per heavy atom. The van der Waals surface area contributed by atoms with Crippen LogP contribution in [0.3, 0.4) is 0 Å². The van der Waals surface area contributed by atoms with Gasteiger partial charge in [0.25, 0.3) is 0 Å². The van der Waals surface area contributed by atoms with Crippen LogP contribution in [0.4, 0.5) is 0 Å². The second-order valence-electron chi connectivity index (χ2n) is 8.72. The molecule has 0 fully saturated rings. The predicted molar refractivity (Wildman–Crippen MR) is 128 cm³/mol. The first kappa shape index (κ1) is 18.7. The van der Waals surface area contributed by atoms with Crippen LogP contribution in [0, 0.1) is 20.8 Å². The smallest absolute Gasteiger partial charge is 0.126 e. The number of hydrogen-bond acceptors (Lipinski definition) is 2. The van der Waals surface area contributed by atoms with E-state index in [4.69, 9.17) is 9.97 Å². The lowest BCUT2D eigenvalue weighted by Crippen LogP contribution is -1.98. The molecule has 0 amide bonds. The van der Waals surface area contributed by atoms with Crippen LogP contribution in [-0.2, 0) is 0 Å². The third-order valence-corrected chi connectivity index (χ3v) is 5.95. The van der Waals surface area contributed by atoms with Crippen molar-refractivity contribution in [2.45, 2.75) is 40.5 Å². The lowest BCUT2D eigenvalue weighted by Gasteiger charge is -2.17. The Morgan fingerprint density at radius 1 is 0.700 bits per heavy atom. The fourth-order valence-corrected chi connectivity index (χ4v) is 4.72. The lowest BCUT2D eigenvalue weighted by atomic mass is 9.89. The second-order valence-corrected chi connectivity index (χ2v) is 8.72. The molecule has 0 aliphatic heterocycles. The van der Waals surface area contributed by atoms with E-state index < -0.39 is 0 Å². The number of aryl methyl sites for hydroxylation is 3. The number of benzene rings is 4. The highest BCUT2D eigenvalue weighted by Crippen LogP contribution is 2.39. The minimum atomic E-state index is 0.405. The highest BCUT2D eigenvalue weighted by atomic mass is 14.9. The van der Waals surface area contributed by atoms with Gasteiger partial charge in [0.15, 0.2) is 0 Å². The molecule has 1 heterocycles. The van der Waals surface area contributed by atoms with E-state index in [9.17, 15) is 0 Å². The number of rotatable bonds is 2. The van der Waals surface area contributed by atoms with E-state index in [-0.39, 0.29) is 0 Å². The molecule has 0 bridgehead atoms. The van der Waals surface area contributed by atoms with E-state index in [1.54, 1.807) is 0 Å². The lowest BCUT2D eigenvalue weighted by molar-refractivity contribution is 0.878. The molecule has 2 nitrogen and oxygen atoms in total. The maximum absolute atomic E-state index is 4.97. The number of aromatic nitrogens is 2. The molecule has 148 valence electrons. The van der Waals surface area contributed by atoms with Gasteiger partial charge in [0.1, 0.15) is 5.82 Å². The first-order valence-electron chi connectivity index (χ1n) is 10.6. The summed E-state index contributed by atoms with van der Waals surface area (Å²) in [5.41, 5.74) is 7.10. The second kappa shape index (κ2) is 6.91.